The molecule has 0 unspecified atom stereocenters. The zero-order chi connectivity index (χ0) is 19.0. The highest BCUT2D eigenvalue weighted by atomic mass is 32.2. The zero-order valence-electron chi connectivity index (χ0n) is 14.4. The lowest BCUT2D eigenvalue weighted by atomic mass is 10.2. The van der Waals surface area contributed by atoms with Crippen LogP contribution in [0, 0.1) is 0 Å². The molecule has 1 amide bonds. The first-order valence-electron chi connectivity index (χ1n) is 8.27. The minimum atomic E-state index is -3.79. The van der Waals surface area contributed by atoms with E-state index in [9.17, 15) is 13.2 Å². The van der Waals surface area contributed by atoms with Gasteiger partial charge in [-0.15, -0.1) is 10.2 Å². The Bertz CT molecular complexity index is 1110. The van der Waals surface area contributed by atoms with Gasteiger partial charge in [-0.25, -0.2) is 8.42 Å². The van der Waals surface area contributed by atoms with Crippen LogP contribution in [-0.2, 0) is 21.2 Å². The van der Waals surface area contributed by atoms with Crippen LogP contribution in [-0.4, -0.2) is 31.1 Å². The van der Waals surface area contributed by atoms with Gasteiger partial charge < -0.3 is 4.90 Å². The van der Waals surface area contributed by atoms with E-state index in [1.165, 1.54) is 24.3 Å². The third kappa shape index (κ3) is 3.43. The molecule has 2 aromatic carbocycles. The molecule has 0 aliphatic carbocycles. The van der Waals surface area contributed by atoms with Gasteiger partial charge in [0.05, 0.1) is 4.90 Å². The van der Waals surface area contributed by atoms with Crippen LogP contribution in [0.2, 0.25) is 0 Å². The molecule has 0 bridgehead atoms. The predicted octanol–water partition coefficient (Wildman–Crippen LogP) is 2.91. The van der Waals surface area contributed by atoms with E-state index in [-0.39, 0.29) is 15.9 Å². The lowest BCUT2D eigenvalue weighted by molar-refractivity contribution is -0.116. The molecule has 27 heavy (non-hydrogen) atoms. The van der Waals surface area contributed by atoms with E-state index in [0.717, 1.165) is 16.8 Å². The molecule has 7 nitrogen and oxygen atoms in total. The van der Waals surface area contributed by atoms with Gasteiger partial charge in [0.15, 0.2) is 0 Å². The van der Waals surface area contributed by atoms with Gasteiger partial charge >= 0.3 is 0 Å². The van der Waals surface area contributed by atoms with Crippen LogP contribution < -0.4 is 9.62 Å². The molecule has 1 aliphatic rings. The number of sulfonamides is 1. The van der Waals surface area contributed by atoms with Crippen molar-refractivity contribution in [2.75, 3.05) is 16.2 Å². The number of benzene rings is 2. The molecule has 0 radical (unpaired) electrons. The minimum Gasteiger partial charge on any atom is -0.312 e. The number of aromatic nitrogens is 2. The van der Waals surface area contributed by atoms with Crippen molar-refractivity contribution in [3.05, 3.63) is 54.1 Å². The first-order chi connectivity index (χ1) is 12.9. The molecule has 0 spiro atoms. The maximum absolute atomic E-state index is 12.7. The molecule has 1 aromatic heterocycles. The second kappa shape index (κ2) is 6.75. The van der Waals surface area contributed by atoms with E-state index in [4.69, 9.17) is 0 Å². The SMILES string of the molecule is CC(=O)N1CCc2cc(S(=O)(=O)Nc3nnc(-c4ccccc4)s3)ccc21. The molecule has 0 fully saturated rings. The summed E-state index contributed by atoms with van der Waals surface area (Å²) in [5.74, 6) is -0.0511. The Morgan fingerprint density at radius 3 is 2.67 bits per heavy atom. The molecule has 0 saturated carbocycles. The van der Waals surface area contributed by atoms with Gasteiger partial charge in [-0.3, -0.25) is 9.52 Å². The average molecular weight is 400 g/mol. The number of amides is 1. The van der Waals surface area contributed by atoms with Gasteiger partial charge in [0.2, 0.25) is 11.0 Å². The average Bonchev–Trinajstić information content (AvgIpc) is 3.28. The predicted molar refractivity (Wildman–Crippen MR) is 104 cm³/mol. The van der Waals surface area contributed by atoms with Gasteiger partial charge in [-0.05, 0) is 30.2 Å². The second-order valence-electron chi connectivity index (χ2n) is 6.10. The lowest BCUT2D eigenvalue weighted by Gasteiger charge is -2.14. The summed E-state index contributed by atoms with van der Waals surface area (Å²) >= 11 is 1.17. The first-order valence-corrected chi connectivity index (χ1v) is 10.6. The van der Waals surface area contributed by atoms with Crippen molar-refractivity contribution in [2.24, 2.45) is 0 Å². The van der Waals surface area contributed by atoms with Crippen molar-refractivity contribution in [1.29, 1.82) is 0 Å². The third-order valence-electron chi connectivity index (χ3n) is 4.30. The molecule has 1 N–H and O–H groups in total. The number of nitrogens with zero attached hydrogens (tertiary/aromatic N) is 3. The third-order valence-corrected chi connectivity index (χ3v) is 6.66. The van der Waals surface area contributed by atoms with E-state index < -0.39 is 10.0 Å². The molecule has 0 saturated heterocycles. The van der Waals surface area contributed by atoms with E-state index >= 15 is 0 Å². The molecule has 9 heteroatoms. The number of nitrogens with one attached hydrogen (secondary N) is 1. The van der Waals surface area contributed by atoms with Gasteiger partial charge in [-0.1, -0.05) is 41.7 Å². The topological polar surface area (TPSA) is 92.3 Å². The number of carbonyl (C=O) groups is 1. The lowest BCUT2D eigenvalue weighted by Crippen LogP contribution is -2.25. The summed E-state index contributed by atoms with van der Waals surface area (Å²) in [4.78, 5) is 13.4. The highest BCUT2D eigenvalue weighted by Crippen LogP contribution is 2.32. The molecular weight excluding hydrogens is 384 g/mol. The summed E-state index contributed by atoms with van der Waals surface area (Å²) in [6.07, 6.45) is 0.634. The minimum absolute atomic E-state index is 0.0511. The Morgan fingerprint density at radius 2 is 1.93 bits per heavy atom. The number of anilines is 2. The van der Waals surface area contributed by atoms with E-state index in [2.05, 4.69) is 14.9 Å². The Kier molecular flexibility index (Phi) is 4.40. The van der Waals surface area contributed by atoms with Crippen LogP contribution in [0.3, 0.4) is 0 Å². The highest BCUT2D eigenvalue weighted by molar-refractivity contribution is 7.93. The fraction of sp³-hybridized carbons (Fsp3) is 0.167. The molecule has 3 aromatic rings. The maximum Gasteiger partial charge on any atom is 0.263 e. The molecular formula is C18H16N4O3S2. The summed E-state index contributed by atoms with van der Waals surface area (Å²) < 4.78 is 27.9. The van der Waals surface area contributed by atoms with Crippen LogP contribution >= 0.6 is 11.3 Å². The van der Waals surface area contributed by atoms with Crippen molar-refractivity contribution in [2.45, 2.75) is 18.2 Å². The molecule has 138 valence electrons. The Morgan fingerprint density at radius 1 is 1.15 bits per heavy atom. The summed E-state index contributed by atoms with van der Waals surface area (Å²) in [7, 11) is -3.79. The number of hydrogen-bond donors (Lipinski definition) is 1. The van der Waals surface area contributed by atoms with Crippen molar-refractivity contribution in [3.8, 4) is 10.6 Å². The number of fused-ring (bicyclic) bond motifs is 1. The highest BCUT2D eigenvalue weighted by Gasteiger charge is 2.25. The largest absolute Gasteiger partial charge is 0.312 e. The van der Waals surface area contributed by atoms with E-state index in [0.29, 0.717) is 18.0 Å². The second-order valence-corrected chi connectivity index (χ2v) is 8.75. The van der Waals surface area contributed by atoms with E-state index in [1.54, 1.807) is 17.0 Å². The quantitative estimate of drug-likeness (QED) is 0.727. The van der Waals surface area contributed by atoms with Crippen molar-refractivity contribution < 1.29 is 13.2 Å². The van der Waals surface area contributed by atoms with Crippen LogP contribution in [0.1, 0.15) is 12.5 Å². The summed E-state index contributed by atoms with van der Waals surface area (Å²) in [6.45, 7) is 2.07. The molecule has 2 heterocycles. The smallest absolute Gasteiger partial charge is 0.263 e. The maximum atomic E-state index is 12.7. The zero-order valence-corrected chi connectivity index (χ0v) is 16.0. The number of rotatable bonds is 4. The van der Waals surface area contributed by atoms with Gasteiger partial charge in [0.1, 0.15) is 5.01 Å². The van der Waals surface area contributed by atoms with Crippen LogP contribution in [0.15, 0.2) is 53.4 Å². The molecule has 1 aliphatic heterocycles. The Labute approximate surface area is 160 Å². The molecule has 0 atom stereocenters. The summed E-state index contributed by atoms with van der Waals surface area (Å²) in [5.41, 5.74) is 2.49. The van der Waals surface area contributed by atoms with Gasteiger partial charge in [0.25, 0.3) is 10.0 Å². The Balaban J connectivity index is 1.58. The van der Waals surface area contributed by atoms with Crippen molar-refractivity contribution >= 4 is 38.1 Å². The van der Waals surface area contributed by atoms with Crippen LogP contribution in [0.4, 0.5) is 10.8 Å². The first kappa shape index (κ1) is 17.6. The summed E-state index contributed by atoms with van der Waals surface area (Å²) in [6, 6.07) is 14.2. The van der Waals surface area contributed by atoms with Gasteiger partial charge in [0, 0.05) is 24.7 Å². The van der Waals surface area contributed by atoms with E-state index in [1.807, 2.05) is 30.3 Å². The normalized spacial score (nSPS) is 13.4. The number of hydrogen-bond acceptors (Lipinski definition) is 6. The number of carbonyl (C=O) groups excluding carboxylic acids is 1. The Hall–Kier alpha value is -2.78. The fourth-order valence-electron chi connectivity index (χ4n) is 3.01. The monoisotopic (exact) mass is 400 g/mol. The van der Waals surface area contributed by atoms with Crippen LogP contribution in [0.5, 0.6) is 0 Å². The van der Waals surface area contributed by atoms with Crippen molar-refractivity contribution in [1.82, 2.24) is 10.2 Å². The molecule has 4 rings (SSSR count). The van der Waals surface area contributed by atoms with Gasteiger partial charge in [-0.2, -0.15) is 0 Å². The standard InChI is InChI=1S/C18H16N4O3S2/c1-12(23)22-10-9-14-11-15(7-8-16(14)22)27(24,25)21-18-20-19-17(26-18)13-5-3-2-4-6-13/h2-8,11H,9-10H2,1H3,(H,20,21). The summed E-state index contributed by atoms with van der Waals surface area (Å²) in [5, 5.41) is 8.83. The van der Waals surface area contributed by atoms with Crippen molar-refractivity contribution in [3.63, 3.8) is 0 Å². The fourth-order valence-corrected chi connectivity index (χ4v) is 5.04. The van der Waals surface area contributed by atoms with Crippen LogP contribution in [0.25, 0.3) is 10.6 Å².